The van der Waals surface area contributed by atoms with Gasteiger partial charge in [0.05, 0.1) is 0 Å². The highest BCUT2D eigenvalue weighted by atomic mass is 15.2. The lowest BCUT2D eigenvalue weighted by atomic mass is 9.77. The summed E-state index contributed by atoms with van der Waals surface area (Å²) in [5, 5.41) is 3.65. The van der Waals surface area contributed by atoms with Crippen LogP contribution in [0.5, 0.6) is 0 Å². The van der Waals surface area contributed by atoms with Gasteiger partial charge in [0.25, 0.3) is 0 Å². The second-order valence-electron chi connectivity index (χ2n) is 7.23. The second-order valence-corrected chi connectivity index (χ2v) is 7.23. The molecule has 1 N–H and O–H groups in total. The molecule has 2 nitrogen and oxygen atoms in total. The molecule has 0 amide bonds. The van der Waals surface area contributed by atoms with Crippen LogP contribution in [0.3, 0.4) is 0 Å². The van der Waals surface area contributed by atoms with Crippen molar-refractivity contribution in [3.8, 4) is 0 Å². The molecule has 0 spiro atoms. The minimum atomic E-state index is 0.607. The molecule has 0 aromatic heterocycles. The summed E-state index contributed by atoms with van der Waals surface area (Å²) in [6.07, 6.45) is 5.96. The molecular formula is C16H32N2. The molecule has 0 aromatic rings. The van der Waals surface area contributed by atoms with Gasteiger partial charge in [0.1, 0.15) is 0 Å². The second kappa shape index (κ2) is 6.38. The van der Waals surface area contributed by atoms with Gasteiger partial charge in [-0.3, -0.25) is 4.90 Å². The monoisotopic (exact) mass is 252 g/mol. The Bertz CT molecular complexity index is 237. The average molecular weight is 252 g/mol. The zero-order valence-corrected chi connectivity index (χ0v) is 12.8. The first-order valence-electron chi connectivity index (χ1n) is 8.03. The third kappa shape index (κ3) is 3.71. The Balaban J connectivity index is 1.93. The van der Waals surface area contributed by atoms with Crippen LogP contribution in [0.2, 0.25) is 0 Å². The van der Waals surface area contributed by atoms with Gasteiger partial charge < -0.3 is 5.32 Å². The van der Waals surface area contributed by atoms with Crippen molar-refractivity contribution in [3.05, 3.63) is 0 Å². The van der Waals surface area contributed by atoms with Gasteiger partial charge in [0.2, 0.25) is 0 Å². The number of hydrogen-bond donors (Lipinski definition) is 1. The molecule has 18 heavy (non-hydrogen) atoms. The maximum atomic E-state index is 3.65. The fourth-order valence-electron chi connectivity index (χ4n) is 3.89. The molecule has 2 bridgehead atoms. The van der Waals surface area contributed by atoms with Crippen molar-refractivity contribution in [1.82, 2.24) is 10.2 Å². The van der Waals surface area contributed by atoms with E-state index in [1.165, 1.54) is 38.8 Å². The number of hydrogen-bond acceptors (Lipinski definition) is 2. The Morgan fingerprint density at radius 2 is 1.67 bits per heavy atom. The van der Waals surface area contributed by atoms with Gasteiger partial charge in [-0.25, -0.2) is 0 Å². The van der Waals surface area contributed by atoms with Gasteiger partial charge in [-0.05, 0) is 37.0 Å². The Kier molecular flexibility index (Phi) is 5.08. The normalized spacial score (nSPS) is 31.0. The maximum absolute atomic E-state index is 3.65. The molecule has 2 fully saturated rings. The van der Waals surface area contributed by atoms with E-state index in [0.29, 0.717) is 6.04 Å². The van der Waals surface area contributed by atoms with Crippen molar-refractivity contribution in [3.63, 3.8) is 0 Å². The van der Waals surface area contributed by atoms with Crippen LogP contribution in [0, 0.1) is 17.8 Å². The van der Waals surface area contributed by atoms with Crippen molar-refractivity contribution in [1.29, 1.82) is 0 Å². The van der Waals surface area contributed by atoms with E-state index < -0.39 is 0 Å². The number of nitrogens with zero attached hydrogens (tertiary/aromatic N) is 1. The van der Waals surface area contributed by atoms with Crippen LogP contribution in [0.15, 0.2) is 0 Å². The molecule has 2 aliphatic rings. The predicted octanol–water partition coefficient (Wildman–Crippen LogP) is 3.13. The van der Waals surface area contributed by atoms with E-state index in [1.807, 2.05) is 0 Å². The van der Waals surface area contributed by atoms with Gasteiger partial charge in [-0.15, -0.1) is 0 Å². The predicted molar refractivity (Wildman–Crippen MR) is 78.8 cm³/mol. The summed E-state index contributed by atoms with van der Waals surface area (Å²) in [6.45, 7) is 13.2. The first kappa shape index (κ1) is 14.3. The van der Waals surface area contributed by atoms with Gasteiger partial charge in [-0.2, -0.15) is 0 Å². The number of nitrogens with one attached hydrogen (secondary N) is 1. The quantitative estimate of drug-likeness (QED) is 0.809. The SMILES string of the molecule is CC(C)NCC(C(C)C)N1CC2CCCC(C2)C1. The standard InChI is InChI=1S/C16H32N2/c1-12(2)16(9-17-13(3)4)18-10-14-6-5-7-15(8-14)11-18/h12-17H,5-11H2,1-4H3. The summed E-state index contributed by atoms with van der Waals surface area (Å²) >= 11 is 0. The van der Waals surface area contributed by atoms with Gasteiger partial charge in [-0.1, -0.05) is 34.1 Å². The Morgan fingerprint density at radius 3 is 2.17 bits per heavy atom. The molecule has 3 atom stereocenters. The highest BCUT2D eigenvalue weighted by Crippen LogP contribution is 2.35. The van der Waals surface area contributed by atoms with E-state index in [1.54, 1.807) is 0 Å². The van der Waals surface area contributed by atoms with Crippen LogP contribution >= 0.6 is 0 Å². The van der Waals surface area contributed by atoms with Crippen molar-refractivity contribution in [2.75, 3.05) is 19.6 Å². The van der Waals surface area contributed by atoms with E-state index in [0.717, 1.165) is 30.3 Å². The van der Waals surface area contributed by atoms with Gasteiger partial charge in [0.15, 0.2) is 0 Å². The van der Waals surface area contributed by atoms with Crippen LogP contribution < -0.4 is 5.32 Å². The number of rotatable bonds is 5. The van der Waals surface area contributed by atoms with Crippen LogP contribution in [0.4, 0.5) is 0 Å². The fraction of sp³-hybridized carbons (Fsp3) is 1.00. The van der Waals surface area contributed by atoms with Crippen LogP contribution in [-0.4, -0.2) is 36.6 Å². The van der Waals surface area contributed by atoms with E-state index in [2.05, 4.69) is 37.9 Å². The minimum absolute atomic E-state index is 0.607. The van der Waals surface area contributed by atoms with E-state index in [4.69, 9.17) is 0 Å². The van der Waals surface area contributed by atoms with Gasteiger partial charge >= 0.3 is 0 Å². The van der Waals surface area contributed by atoms with Crippen molar-refractivity contribution in [2.45, 2.75) is 65.5 Å². The molecule has 1 aliphatic heterocycles. The molecular weight excluding hydrogens is 220 g/mol. The molecule has 0 radical (unpaired) electrons. The van der Waals surface area contributed by atoms with Crippen molar-refractivity contribution in [2.24, 2.45) is 17.8 Å². The Labute approximate surface area is 114 Å². The Hall–Kier alpha value is -0.0800. The van der Waals surface area contributed by atoms with Crippen molar-refractivity contribution >= 4 is 0 Å². The minimum Gasteiger partial charge on any atom is -0.313 e. The molecule has 1 saturated carbocycles. The average Bonchev–Trinajstić information content (AvgIpc) is 2.27. The summed E-state index contributed by atoms with van der Waals surface area (Å²) in [5.41, 5.74) is 0. The zero-order chi connectivity index (χ0) is 13.1. The smallest absolute Gasteiger partial charge is 0.0243 e. The number of piperidine rings is 1. The molecule has 3 unspecified atom stereocenters. The van der Waals surface area contributed by atoms with Crippen molar-refractivity contribution < 1.29 is 0 Å². The third-order valence-corrected chi connectivity index (χ3v) is 4.85. The largest absolute Gasteiger partial charge is 0.313 e. The number of fused-ring (bicyclic) bond motifs is 2. The lowest BCUT2D eigenvalue weighted by Gasteiger charge is -2.46. The molecule has 2 rings (SSSR count). The first-order valence-corrected chi connectivity index (χ1v) is 8.03. The summed E-state index contributed by atoms with van der Waals surface area (Å²) in [7, 11) is 0. The van der Waals surface area contributed by atoms with E-state index in [9.17, 15) is 0 Å². The molecule has 0 aromatic carbocycles. The van der Waals surface area contributed by atoms with Crippen LogP contribution in [-0.2, 0) is 0 Å². The molecule has 2 heteroatoms. The molecule has 1 heterocycles. The number of likely N-dealkylation sites (tertiary alicyclic amines) is 1. The highest BCUT2D eigenvalue weighted by molar-refractivity contribution is 4.88. The van der Waals surface area contributed by atoms with Gasteiger partial charge in [0, 0.05) is 31.7 Å². The molecule has 1 aliphatic carbocycles. The summed E-state index contributed by atoms with van der Waals surface area (Å²) < 4.78 is 0. The van der Waals surface area contributed by atoms with E-state index in [-0.39, 0.29) is 0 Å². The first-order chi connectivity index (χ1) is 8.56. The third-order valence-electron chi connectivity index (χ3n) is 4.85. The lowest BCUT2D eigenvalue weighted by Crippen LogP contribution is -2.53. The van der Waals surface area contributed by atoms with E-state index >= 15 is 0 Å². The maximum Gasteiger partial charge on any atom is 0.0243 e. The summed E-state index contributed by atoms with van der Waals surface area (Å²) in [4.78, 5) is 2.80. The summed E-state index contributed by atoms with van der Waals surface area (Å²) in [6, 6.07) is 1.34. The summed E-state index contributed by atoms with van der Waals surface area (Å²) in [5.74, 6) is 2.76. The lowest BCUT2D eigenvalue weighted by molar-refractivity contribution is 0.0363. The zero-order valence-electron chi connectivity index (χ0n) is 12.8. The van der Waals surface area contributed by atoms with Crippen LogP contribution in [0.25, 0.3) is 0 Å². The fourth-order valence-corrected chi connectivity index (χ4v) is 3.89. The Morgan fingerprint density at radius 1 is 1.06 bits per heavy atom. The molecule has 1 saturated heterocycles. The topological polar surface area (TPSA) is 15.3 Å². The molecule has 106 valence electrons. The van der Waals surface area contributed by atoms with Crippen LogP contribution in [0.1, 0.15) is 53.4 Å². The highest BCUT2D eigenvalue weighted by Gasteiger charge is 2.34.